The Morgan fingerprint density at radius 3 is 2.60 bits per heavy atom. The van der Waals surface area contributed by atoms with E-state index >= 15 is 0 Å². The summed E-state index contributed by atoms with van der Waals surface area (Å²) in [7, 11) is 1.92. The molecule has 4 rings (SSSR count). The second-order valence-electron chi connectivity index (χ2n) is 5.81. The fraction of sp³-hybridized carbons (Fsp3) is 0.167. The van der Waals surface area contributed by atoms with Crippen molar-refractivity contribution >= 4 is 16.7 Å². The molecule has 0 aliphatic heterocycles. The Bertz CT molecular complexity index is 1010. The fourth-order valence-corrected chi connectivity index (χ4v) is 2.77. The van der Waals surface area contributed by atoms with Gasteiger partial charge in [-0.05, 0) is 31.2 Å². The zero-order valence-electron chi connectivity index (χ0n) is 14.0. The van der Waals surface area contributed by atoms with Gasteiger partial charge >= 0.3 is 0 Å². The van der Waals surface area contributed by atoms with Gasteiger partial charge in [0, 0.05) is 30.4 Å². The molecule has 0 fully saturated rings. The van der Waals surface area contributed by atoms with Crippen LogP contribution in [0.4, 0.5) is 5.82 Å². The lowest BCUT2D eigenvalue weighted by Gasteiger charge is -2.16. The highest BCUT2D eigenvalue weighted by atomic mass is 15.3. The number of aryl methyl sites for hydroxylation is 1. The number of nitrogens with zero attached hydrogens (tertiary/aromatic N) is 6. The van der Waals surface area contributed by atoms with E-state index in [-0.39, 0.29) is 6.04 Å². The molecular formula is C18H17N7. The highest BCUT2D eigenvalue weighted by molar-refractivity contribution is 5.90. The third-order valence-corrected chi connectivity index (χ3v) is 4.03. The third-order valence-electron chi connectivity index (χ3n) is 4.03. The van der Waals surface area contributed by atoms with Crippen LogP contribution < -0.4 is 5.32 Å². The van der Waals surface area contributed by atoms with Gasteiger partial charge in [0.1, 0.15) is 12.1 Å². The Hall–Kier alpha value is -3.35. The van der Waals surface area contributed by atoms with Crippen molar-refractivity contribution in [2.75, 3.05) is 5.32 Å². The maximum atomic E-state index is 4.74. The molecule has 7 nitrogen and oxygen atoms in total. The number of hydrogen-bond donors (Lipinski definition) is 1. The molecule has 1 aromatic carbocycles. The first kappa shape index (κ1) is 15.2. The van der Waals surface area contributed by atoms with Crippen molar-refractivity contribution in [3.8, 4) is 11.4 Å². The van der Waals surface area contributed by atoms with Gasteiger partial charge in [-0.2, -0.15) is 0 Å². The summed E-state index contributed by atoms with van der Waals surface area (Å²) in [5.74, 6) is 2.27. The van der Waals surface area contributed by atoms with Gasteiger partial charge in [0.15, 0.2) is 11.6 Å². The maximum absolute atomic E-state index is 4.74. The van der Waals surface area contributed by atoms with Gasteiger partial charge < -0.3 is 9.88 Å². The molecule has 0 saturated heterocycles. The van der Waals surface area contributed by atoms with E-state index < -0.39 is 0 Å². The predicted octanol–water partition coefficient (Wildman–Crippen LogP) is 2.99. The van der Waals surface area contributed by atoms with Gasteiger partial charge in [0.25, 0.3) is 0 Å². The average molecular weight is 331 g/mol. The van der Waals surface area contributed by atoms with E-state index in [2.05, 4.69) is 25.5 Å². The van der Waals surface area contributed by atoms with Crippen molar-refractivity contribution in [2.24, 2.45) is 7.05 Å². The van der Waals surface area contributed by atoms with Crippen LogP contribution in [0.3, 0.4) is 0 Å². The first-order valence-electron chi connectivity index (χ1n) is 8.00. The van der Waals surface area contributed by atoms with Crippen LogP contribution in [0, 0.1) is 0 Å². The van der Waals surface area contributed by atoms with Crippen LogP contribution >= 0.6 is 0 Å². The Kier molecular flexibility index (Phi) is 3.81. The number of nitrogens with one attached hydrogen (secondary N) is 1. The smallest absolute Gasteiger partial charge is 0.162 e. The van der Waals surface area contributed by atoms with Crippen molar-refractivity contribution in [2.45, 2.75) is 13.0 Å². The molecule has 7 heteroatoms. The summed E-state index contributed by atoms with van der Waals surface area (Å²) < 4.78 is 1.89. The van der Waals surface area contributed by atoms with Gasteiger partial charge in [-0.15, -0.1) is 10.2 Å². The standard InChI is InChI=1S/C18H17N7/c1-12(18-24-20-11-25(18)2)21-17-14-5-3-4-6-15(14)22-16(23-17)13-7-9-19-10-8-13/h3-12H,1-2H3,(H,21,22,23). The molecule has 0 radical (unpaired) electrons. The summed E-state index contributed by atoms with van der Waals surface area (Å²) in [6, 6.07) is 11.7. The maximum Gasteiger partial charge on any atom is 0.162 e. The lowest BCUT2D eigenvalue weighted by Crippen LogP contribution is -2.13. The molecule has 4 aromatic rings. The molecule has 0 bridgehead atoms. The van der Waals surface area contributed by atoms with Crippen LogP contribution in [0.15, 0.2) is 55.1 Å². The van der Waals surface area contributed by atoms with Crippen LogP contribution in [0.5, 0.6) is 0 Å². The Morgan fingerprint density at radius 1 is 1.04 bits per heavy atom. The fourth-order valence-electron chi connectivity index (χ4n) is 2.77. The van der Waals surface area contributed by atoms with Crippen molar-refractivity contribution in [3.63, 3.8) is 0 Å². The normalized spacial score (nSPS) is 12.2. The van der Waals surface area contributed by atoms with E-state index in [4.69, 9.17) is 4.98 Å². The molecule has 0 amide bonds. The van der Waals surface area contributed by atoms with E-state index in [0.717, 1.165) is 28.1 Å². The van der Waals surface area contributed by atoms with Crippen molar-refractivity contribution < 1.29 is 0 Å². The second-order valence-corrected chi connectivity index (χ2v) is 5.81. The number of benzene rings is 1. The van der Waals surface area contributed by atoms with E-state index in [1.54, 1.807) is 18.7 Å². The zero-order chi connectivity index (χ0) is 17.2. The molecule has 0 aliphatic carbocycles. The minimum atomic E-state index is -0.0453. The molecule has 0 aliphatic rings. The number of anilines is 1. The number of fused-ring (bicyclic) bond motifs is 1. The van der Waals surface area contributed by atoms with Crippen molar-refractivity contribution in [1.82, 2.24) is 29.7 Å². The van der Waals surface area contributed by atoms with Crippen LogP contribution in [0.2, 0.25) is 0 Å². The summed E-state index contributed by atoms with van der Waals surface area (Å²) in [6.45, 7) is 2.03. The summed E-state index contributed by atoms with van der Waals surface area (Å²) >= 11 is 0. The molecule has 1 N–H and O–H groups in total. The number of pyridine rings is 1. The molecule has 1 unspecified atom stereocenters. The van der Waals surface area contributed by atoms with Crippen LogP contribution in [0.25, 0.3) is 22.3 Å². The zero-order valence-corrected chi connectivity index (χ0v) is 14.0. The molecule has 3 aromatic heterocycles. The summed E-state index contributed by atoms with van der Waals surface area (Å²) in [4.78, 5) is 13.5. The molecule has 0 spiro atoms. The SMILES string of the molecule is CC(Nc1nc(-c2ccncc2)nc2ccccc12)c1nncn1C. The Balaban J connectivity index is 1.80. The minimum Gasteiger partial charge on any atom is -0.360 e. The number of rotatable bonds is 4. The molecule has 25 heavy (non-hydrogen) atoms. The summed E-state index contributed by atoms with van der Waals surface area (Å²) in [6.07, 6.45) is 5.17. The quantitative estimate of drug-likeness (QED) is 0.619. The molecule has 124 valence electrons. The van der Waals surface area contributed by atoms with E-state index in [9.17, 15) is 0 Å². The van der Waals surface area contributed by atoms with Gasteiger partial charge in [0.2, 0.25) is 0 Å². The highest BCUT2D eigenvalue weighted by Gasteiger charge is 2.15. The number of aromatic nitrogens is 6. The van der Waals surface area contributed by atoms with Crippen LogP contribution in [-0.4, -0.2) is 29.7 Å². The predicted molar refractivity (Wildman–Crippen MR) is 95.8 cm³/mol. The van der Waals surface area contributed by atoms with Gasteiger partial charge in [0.05, 0.1) is 11.6 Å². The van der Waals surface area contributed by atoms with Gasteiger partial charge in [-0.1, -0.05) is 12.1 Å². The summed E-state index contributed by atoms with van der Waals surface area (Å²) in [5.41, 5.74) is 1.81. The lowest BCUT2D eigenvalue weighted by atomic mass is 10.2. The molecular weight excluding hydrogens is 314 g/mol. The largest absolute Gasteiger partial charge is 0.360 e. The van der Waals surface area contributed by atoms with Gasteiger partial charge in [-0.3, -0.25) is 4.98 Å². The first-order valence-corrected chi connectivity index (χ1v) is 8.00. The molecule has 3 heterocycles. The monoisotopic (exact) mass is 331 g/mol. The summed E-state index contributed by atoms with van der Waals surface area (Å²) in [5, 5.41) is 12.5. The van der Waals surface area contributed by atoms with Crippen molar-refractivity contribution in [3.05, 3.63) is 60.9 Å². The van der Waals surface area contributed by atoms with Crippen LogP contribution in [0.1, 0.15) is 18.8 Å². The van der Waals surface area contributed by atoms with Gasteiger partial charge in [-0.25, -0.2) is 9.97 Å². The van der Waals surface area contributed by atoms with E-state index in [0.29, 0.717) is 5.82 Å². The highest BCUT2D eigenvalue weighted by Crippen LogP contribution is 2.27. The van der Waals surface area contributed by atoms with Crippen LogP contribution in [-0.2, 0) is 7.05 Å². The Morgan fingerprint density at radius 2 is 1.84 bits per heavy atom. The van der Waals surface area contributed by atoms with E-state index in [1.807, 2.05) is 54.9 Å². The Labute approximate surface area is 144 Å². The number of para-hydroxylation sites is 1. The average Bonchev–Trinajstić information content (AvgIpc) is 3.08. The third kappa shape index (κ3) is 2.91. The van der Waals surface area contributed by atoms with Crippen molar-refractivity contribution in [1.29, 1.82) is 0 Å². The minimum absolute atomic E-state index is 0.0453. The first-order chi connectivity index (χ1) is 12.2. The van der Waals surface area contributed by atoms with E-state index in [1.165, 1.54) is 0 Å². The second kappa shape index (κ2) is 6.27. The molecule has 0 saturated carbocycles. The number of hydrogen-bond acceptors (Lipinski definition) is 6. The topological polar surface area (TPSA) is 81.4 Å². The lowest BCUT2D eigenvalue weighted by molar-refractivity contribution is 0.717. The molecule has 1 atom stereocenters.